The van der Waals surface area contributed by atoms with Crippen LogP contribution in [0.4, 0.5) is 0 Å². The monoisotopic (exact) mass is 218 g/mol. The quantitative estimate of drug-likeness (QED) is 0.769. The van der Waals surface area contributed by atoms with Crippen molar-refractivity contribution in [1.29, 1.82) is 0 Å². The van der Waals surface area contributed by atoms with Crippen LogP contribution in [0.1, 0.15) is 24.2 Å². The van der Waals surface area contributed by atoms with Crippen molar-refractivity contribution in [2.24, 2.45) is 5.73 Å². The van der Waals surface area contributed by atoms with Crippen LogP contribution in [-0.4, -0.2) is 11.5 Å². The molecule has 1 aromatic carbocycles. The fourth-order valence-corrected chi connectivity index (χ4v) is 1.82. The molecule has 1 heterocycles. The Morgan fingerprint density at radius 3 is 3.06 bits per heavy atom. The zero-order valence-electron chi connectivity index (χ0n) is 9.07. The van der Waals surface area contributed by atoms with Gasteiger partial charge in [-0.1, -0.05) is 12.1 Å². The van der Waals surface area contributed by atoms with Gasteiger partial charge in [-0.05, 0) is 18.6 Å². The Hall–Kier alpha value is -1.81. The molecule has 0 radical (unpaired) electrons. The maximum atomic E-state index is 10.3. The average molecular weight is 218 g/mol. The summed E-state index contributed by atoms with van der Waals surface area (Å²) >= 11 is 0. The molecule has 0 spiro atoms. The Labute approximate surface area is 93.4 Å². The summed E-state index contributed by atoms with van der Waals surface area (Å²) < 4.78 is 4.93. The molecule has 0 amide bonds. The van der Waals surface area contributed by atoms with E-state index in [4.69, 9.17) is 10.5 Å². The van der Waals surface area contributed by atoms with Crippen LogP contribution in [0.15, 0.2) is 24.4 Å². The Balaban J connectivity index is 2.44. The Morgan fingerprint density at radius 2 is 2.38 bits per heavy atom. The second-order valence-corrected chi connectivity index (χ2v) is 3.70. The molecule has 0 fully saturated rings. The van der Waals surface area contributed by atoms with Gasteiger partial charge in [0.25, 0.3) is 6.47 Å². The van der Waals surface area contributed by atoms with E-state index in [0.29, 0.717) is 13.0 Å². The van der Waals surface area contributed by atoms with E-state index < -0.39 is 0 Å². The van der Waals surface area contributed by atoms with Crippen molar-refractivity contribution in [3.63, 3.8) is 0 Å². The largest absolute Gasteiger partial charge is 0.460 e. The molecule has 2 aromatic rings. The molecular formula is C12H14N2O2. The number of carbonyl (C=O) groups is 1. The third-order valence-corrected chi connectivity index (χ3v) is 2.71. The van der Waals surface area contributed by atoms with Crippen molar-refractivity contribution in [1.82, 2.24) is 4.98 Å². The fraction of sp³-hybridized carbons (Fsp3) is 0.250. The molecule has 0 aliphatic carbocycles. The van der Waals surface area contributed by atoms with Gasteiger partial charge in [0, 0.05) is 29.2 Å². The topological polar surface area (TPSA) is 68.1 Å². The highest BCUT2D eigenvalue weighted by molar-refractivity contribution is 5.84. The second kappa shape index (κ2) is 4.37. The molecule has 0 saturated carbocycles. The maximum absolute atomic E-state index is 10.3. The number of hydrogen-bond acceptors (Lipinski definition) is 3. The van der Waals surface area contributed by atoms with Crippen molar-refractivity contribution < 1.29 is 9.53 Å². The summed E-state index contributed by atoms with van der Waals surface area (Å²) in [4.78, 5) is 13.4. The van der Waals surface area contributed by atoms with E-state index in [1.165, 1.54) is 0 Å². The number of carbonyl (C=O) groups excluding carboxylic acids is 1. The minimum Gasteiger partial charge on any atom is -0.460 e. The van der Waals surface area contributed by atoms with Crippen LogP contribution in [0.3, 0.4) is 0 Å². The first kappa shape index (κ1) is 10.7. The minimum atomic E-state index is -0.241. The van der Waals surface area contributed by atoms with Crippen LogP contribution in [0.5, 0.6) is 0 Å². The van der Waals surface area contributed by atoms with Crippen LogP contribution in [0.25, 0.3) is 10.9 Å². The molecule has 16 heavy (non-hydrogen) atoms. The summed E-state index contributed by atoms with van der Waals surface area (Å²) in [5, 5.41) is 1.06. The third kappa shape index (κ3) is 1.79. The van der Waals surface area contributed by atoms with E-state index in [1.54, 1.807) is 0 Å². The summed E-state index contributed by atoms with van der Waals surface area (Å²) in [6.07, 6.45) is 1.62. The van der Waals surface area contributed by atoms with E-state index in [0.717, 1.165) is 22.0 Å². The Kier molecular flexibility index (Phi) is 2.92. The highest BCUT2D eigenvalue weighted by Gasteiger charge is 2.11. The van der Waals surface area contributed by atoms with Crippen LogP contribution >= 0.6 is 0 Å². The van der Waals surface area contributed by atoms with Crippen LogP contribution < -0.4 is 5.73 Å². The van der Waals surface area contributed by atoms with Crippen molar-refractivity contribution in [3.8, 4) is 0 Å². The Morgan fingerprint density at radius 1 is 1.56 bits per heavy atom. The van der Waals surface area contributed by atoms with E-state index in [-0.39, 0.29) is 6.10 Å². The predicted molar refractivity (Wildman–Crippen MR) is 61.8 cm³/mol. The third-order valence-electron chi connectivity index (χ3n) is 2.71. The number of nitrogens with one attached hydrogen (secondary N) is 1. The molecular weight excluding hydrogens is 204 g/mol. The number of nitrogens with two attached hydrogens (primary N) is 1. The molecule has 4 nitrogen and oxygen atoms in total. The highest BCUT2D eigenvalue weighted by Crippen LogP contribution is 2.26. The number of benzene rings is 1. The SMILES string of the molecule is CC(OC=O)c1c[nH]c2cc(CN)ccc12. The summed E-state index contributed by atoms with van der Waals surface area (Å²) in [6.45, 7) is 2.83. The summed E-state index contributed by atoms with van der Waals surface area (Å²) in [7, 11) is 0. The van der Waals surface area contributed by atoms with E-state index >= 15 is 0 Å². The van der Waals surface area contributed by atoms with Gasteiger partial charge < -0.3 is 15.5 Å². The molecule has 1 unspecified atom stereocenters. The standard InChI is InChI=1S/C12H14N2O2/c1-8(16-7-15)11-6-14-12-4-9(5-13)2-3-10(11)12/h2-4,6-8,14H,5,13H2,1H3. The van der Waals surface area contributed by atoms with Gasteiger partial charge in [-0.2, -0.15) is 0 Å². The molecule has 84 valence electrons. The first-order valence-electron chi connectivity index (χ1n) is 5.15. The minimum absolute atomic E-state index is 0.241. The van der Waals surface area contributed by atoms with Gasteiger partial charge in [0.05, 0.1) is 0 Å². The summed E-state index contributed by atoms with van der Waals surface area (Å²) in [5.41, 5.74) is 8.63. The van der Waals surface area contributed by atoms with Gasteiger partial charge in [0.15, 0.2) is 0 Å². The normalized spacial score (nSPS) is 12.6. The number of hydrogen-bond donors (Lipinski definition) is 2. The van der Waals surface area contributed by atoms with E-state index in [1.807, 2.05) is 31.3 Å². The van der Waals surface area contributed by atoms with Crippen LogP contribution in [0, 0.1) is 0 Å². The molecule has 1 aromatic heterocycles. The zero-order chi connectivity index (χ0) is 11.5. The number of ether oxygens (including phenoxy) is 1. The van der Waals surface area contributed by atoms with E-state index in [9.17, 15) is 4.79 Å². The first-order valence-corrected chi connectivity index (χ1v) is 5.15. The lowest BCUT2D eigenvalue weighted by Gasteiger charge is -2.07. The molecule has 1 atom stereocenters. The summed E-state index contributed by atoms with van der Waals surface area (Å²) in [6, 6.07) is 5.98. The van der Waals surface area contributed by atoms with Gasteiger partial charge in [-0.3, -0.25) is 4.79 Å². The summed E-state index contributed by atoms with van der Waals surface area (Å²) in [5.74, 6) is 0. The molecule has 0 bridgehead atoms. The fourth-order valence-electron chi connectivity index (χ4n) is 1.82. The smallest absolute Gasteiger partial charge is 0.293 e. The molecule has 0 saturated heterocycles. The molecule has 2 rings (SSSR count). The maximum Gasteiger partial charge on any atom is 0.293 e. The highest BCUT2D eigenvalue weighted by atomic mass is 16.5. The van der Waals surface area contributed by atoms with Gasteiger partial charge in [-0.25, -0.2) is 0 Å². The average Bonchev–Trinajstić information content (AvgIpc) is 2.71. The number of aromatic amines is 1. The number of rotatable bonds is 4. The first-order chi connectivity index (χ1) is 7.76. The lowest BCUT2D eigenvalue weighted by molar-refractivity contribution is -0.133. The van der Waals surface area contributed by atoms with Crippen molar-refractivity contribution >= 4 is 17.4 Å². The van der Waals surface area contributed by atoms with E-state index in [2.05, 4.69) is 4.98 Å². The zero-order valence-corrected chi connectivity index (χ0v) is 9.07. The van der Waals surface area contributed by atoms with Gasteiger partial charge >= 0.3 is 0 Å². The molecule has 0 aliphatic rings. The molecule has 3 N–H and O–H groups in total. The van der Waals surface area contributed by atoms with Crippen LogP contribution in [-0.2, 0) is 16.1 Å². The number of fused-ring (bicyclic) bond motifs is 1. The lowest BCUT2D eigenvalue weighted by atomic mass is 10.1. The lowest BCUT2D eigenvalue weighted by Crippen LogP contribution is -1.97. The predicted octanol–water partition coefficient (Wildman–Crippen LogP) is 1.86. The number of H-pyrrole nitrogens is 1. The molecule has 0 aliphatic heterocycles. The molecule has 4 heteroatoms. The van der Waals surface area contributed by atoms with Gasteiger partial charge in [0.1, 0.15) is 6.10 Å². The van der Waals surface area contributed by atoms with Crippen molar-refractivity contribution in [3.05, 3.63) is 35.5 Å². The van der Waals surface area contributed by atoms with Gasteiger partial charge in [0.2, 0.25) is 0 Å². The number of aromatic nitrogens is 1. The Bertz CT molecular complexity index is 505. The van der Waals surface area contributed by atoms with Crippen molar-refractivity contribution in [2.75, 3.05) is 0 Å². The second-order valence-electron chi connectivity index (χ2n) is 3.70. The van der Waals surface area contributed by atoms with Gasteiger partial charge in [-0.15, -0.1) is 0 Å². The van der Waals surface area contributed by atoms with Crippen molar-refractivity contribution in [2.45, 2.75) is 19.6 Å². The van der Waals surface area contributed by atoms with Crippen LogP contribution in [0.2, 0.25) is 0 Å².